The largest absolute Gasteiger partial charge is 0.306 e. The van der Waals surface area contributed by atoms with Crippen LogP contribution in [-0.2, 0) is 9.84 Å². The minimum atomic E-state index is -3.79. The van der Waals surface area contributed by atoms with Crippen LogP contribution in [0.25, 0.3) is 11.0 Å². The zero-order chi connectivity index (χ0) is 14.2. The van der Waals surface area contributed by atoms with E-state index in [1.807, 2.05) is 0 Å². The number of rotatable bonds is 2. The molecule has 7 heteroatoms. The zero-order valence-electron chi connectivity index (χ0n) is 10.1. The highest BCUT2D eigenvalue weighted by molar-refractivity contribution is 7.91. The Morgan fingerprint density at radius 3 is 2.50 bits per heavy atom. The lowest BCUT2D eigenvalue weighted by atomic mass is 10.3. The van der Waals surface area contributed by atoms with Gasteiger partial charge in [0.15, 0.2) is 0 Å². The molecule has 0 saturated heterocycles. The van der Waals surface area contributed by atoms with Crippen LogP contribution in [0.4, 0.5) is 0 Å². The van der Waals surface area contributed by atoms with Gasteiger partial charge in [0.25, 0.3) is 5.16 Å². The van der Waals surface area contributed by atoms with Crippen LogP contribution in [0, 0.1) is 0 Å². The molecule has 0 aliphatic carbocycles. The minimum Gasteiger partial charge on any atom is -0.306 e. The summed E-state index contributed by atoms with van der Waals surface area (Å²) in [7, 11) is -3.79. The first-order valence-electron chi connectivity index (χ1n) is 5.73. The van der Waals surface area contributed by atoms with Crippen molar-refractivity contribution in [2.24, 2.45) is 0 Å². The lowest BCUT2D eigenvalue weighted by Gasteiger charge is -2.03. The molecule has 0 amide bonds. The summed E-state index contributed by atoms with van der Waals surface area (Å²) < 4.78 is 24.7. The number of fused-ring (bicyclic) bond motifs is 1. The van der Waals surface area contributed by atoms with E-state index in [-0.39, 0.29) is 21.3 Å². The maximum atomic E-state index is 12.3. The highest BCUT2D eigenvalue weighted by Gasteiger charge is 2.21. The van der Waals surface area contributed by atoms with Gasteiger partial charge in [0.1, 0.15) is 5.65 Å². The molecule has 1 aromatic carbocycles. The molecule has 0 bridgehead atoms. The van der Waals surface area contributed by atoms with Gasteiger partial charge >= 0.3 is 0 Å². The highest BCUT2D eigenvalue weighted by atomic mass is 32.2. The van der Waals surface area contributed by atoms with Gasteiger partial charge in [-0.3, -0.25) is 4.79 Å². The third-order valence-corrected chi connectivity index (χ3v) is 4.31. The van der Waals surface area contributed by atoms with Gasteiger partial charge in [-0.2, -0.15) is 4.98 Å². The molecular weight excluding hydrogens is 278 g/mol. The van der Waals surface area contributed by atoms with E-state index in [9.17, 15) is 13.2 Å². The van der Waals surface area contributed by atoms with E-state index in [0.717, 1.165) is 0 Å². The molecule has 0 spiro atoms. The number of H-pyrrole nitrogens is 1. The van der Waals surface area contributed by atoms with Gasteiger partial charge in [-0.05, 0) is 18.2 Å². The molecule has 2 aromatic heterocycles. The Labute approximate surface area is 114 Å². The topological polar surface area (TPSA) is 92.8 Å². The predicted molar refractivity (Wildman–Crippen MR) is 72.1 cm³/mol. The number of hydrogen-bond acceptors (Lipinski definition) is 5. The number of sulfone groups is 1. The molecule has 0 unspecified atom stereocenters. The molecule has 3 aromatic rings. The van der Waals surface area contributed by atoms with Crippen LogP contribution in [0.15, 0.2) is 63.5 Å². The first-order valence-corrected chi connectivity index (χ1v) is 7.22. The Hall–Kier alpha value is -2.54. The van der Waals surface area contributed by atoms with E-state index in [4.69, 9.17) is 0 Å². The summed E-state index contributed by atoms with van der Waals surface area (Å²) in [6.45, 7) is 0. The van der Waals surface area contributed by atoms with Crippen molar-refractivity contribution in [3.8, 4) is 0 Å². The van der Waals surface area contributed by atoms with Crippen molar-refractivity contribution in [3.63, 3.8) is 0 Å². The van der Waals surface area contributed by atoms with Crippen molar-refractivity contribution in [3.05, 3.63) is 59.0 Å². The van der Waals surface area contributed by atoms with Gasteiger partial charge in [0.05, 0.1) is 4.90 Å². The molecule has 0 fully saturated rings. The first-order chi connectivity index (χ1) is 9.57. The number of nitrogens with one attached hydrogen (secondary N) is 1. The van der Waals surface area contributed by atoms with E-state index >= 15 is 0 Å². The van der Waals surface area contributed by atoms with Crippen molar-refractivity contribution < 1.29 is 8.42 Å². The Bertz CT molecular complexity index is 934. The third kappa shape index (κ3) is 2.08. The maximum Gasteiger partial charge on any atom is 0.254 e. The second kappa shape index (κ2) is 4.53. The van der Waals surface area contributed by atoms with Gasteiger partial charge in [-0.15, -0.1) is 0 Å². The van der Waals surface area contributed by atoms with Crippen molar-refractivity contribution in [1.29, 1.82) is 0 Å². The molecule has 6 nitrogen and oxygen atoms in total. The molecule has 0 aliphatic rings. The highest BCUT2D eigenvalue weighted by Crippen LogP contribution is 2.18. The molecule has 0 saturated carbocycles. The number of benzene rings is 1. The van der Waals surface area contributed by atoms with E-state index in [0.29, 0.717) is 5.39 Å². The molecule has 0 aliphatic heterocycles. The van der Waals surface area contributed by atoms with Crippen molar-refractivity contribution in [1.82, 2.24) is 15.0 Å². The van der Waals surface area contributed by atoms with Gasteiger partial charge in [0, 0.05) is 17.6 Å². The van der Waals surface area contributed by atoms with Crippen LogP contribution >= 0.6 is 0 Å². The monoisotopic (exact) mass is 287 g/mol. The second-order valence-electron chi connectivity index (χ2n) is 4.10. The Morgan fingerprint density at radius 1 is 1.00 bits per heavy atom. The Morgan fingerprint density at radius 2 is 1.75 bits per heavy atom. The predicted octanol–water partition coefficient (Wildman–Crippen LogP) is 1.15. The van der Waals surface area contributed by atoms with Gasteiger partial charge < -0.3 is 4.98 Å². The van der Waals surface area contributed by atoms with Crippen LogP contribution in [-0.4, -0.2) is 23.4 Å². The molecule has 20 heavy (non-hydrogen) atoms. The molecule has 0 atom stereocenters. The molecule has 100 valence electrons. The van der Waals surface area contributed by atoms with Crippen molar-refractivity contribution >= 4 is 20.9 Å². The van der Waals surface area contributed by atoms with E-state index in [1.165, 1.54) is 30.5 Å². The first kappa shape index (κ1) is 12.5. The maximum absolute atomic E-state index is 12.3. The Kier molecular flexibility index (Phi) is 2.83. The fourth-order valence-corrected chi connectivity index (χ4v) is 2.88. The van der Waals surface area contributed by atoms with Crippen LogP contribution in [0.2, 0.25) is 0 Å². The SMILES string of the molecule is O=c1ccc2cnc(S(=O)(=O)c3ccccc3)nc2[nH]1. The number of aromatic nitrogens is 3. The average Bonchev–Trinajstić information content (AvgIpc) is 2.47. The van der Waals surface area contributed by atoms with Crippen molar-refractivity contribution in [2.75, 3.05) is 0 Å². The van der Waals surface area contributed by atoms with Gasteiger partial charge in [0.2, 0.25) is 15.4 Å². The van der Waals surface area contributed by atoms with E-state index < -0.39 is 9.84 Å². The smallest absolute Gasteiger partial charge is 0.254 e. The standard InChI is InChI=1S/C13H9N3O3S/c17-11-7-6-9-8-14-13(16-12(9)15-11)20(18,19)10-4-2-1-3-5-10/h1-8H,(H,14,15,16,17). The second-order valence-corrected chi connectivity index (χ2v) is 5.94. The summed E-state index contributed by atoms with van der Waals surface area (Å²) in [6.07, 6.45) is 1.37. The number of aromatic amines is 1. The Balaban J connectivity index is 2.22. The third-order valence-electron chi connectivity index (χ3n) is 2.74. The van der Waals surface area contributed by atoms with Crippen LogP contribution < -0.4 is 5.56 Å². The lowest BCUT2D eigenvalue weighted by molar-refractivity contribution is 0.587. The molecule has 3 rings (SSSR count). The van der Waals surface area contributed by atoms with Crippen LogP contribution in [0.1, 0.15) is 0 Å². The molecule has 2 heterocycles. The fraction of sp³-hybridized carbons (Fsp3) is 0. The number of pyridine rings is 1. The fourth-order valence-electron chi connectivity index (χ4n) is 1.76. The zero-order valence-corrected chi connectivity index (χ0v) is 11.0. The molecule has 0 radical (unpaired) electrons. The number of hydrogen-bond donors (Lipinski definition) is 1. The van der Waals surface area contributed by atoms with E-state index in [2.05, 4.69) is 15.0 Å². The van der Waals surface area contributed by atoms with Gasteiger partial charge in [-0.1, -0.05) is 18.2 Å². The molecular formula is C13H9N3O3S. The normalized spacial score (nSPS) is 11.6. The summed E-state index contributed by atoms with van der Waals surface area (Å²) in [6, 6.07) is 10.8. The van der Waals surface area contributed by atoms with E-state index in [1.54, 1.807) is 18.2 Å². The van der Waals surface area contributed by atoms with Crippen LogP contribution in [0.5, 0.6) is 0 Å². The number of nitrogens with zero attached hydrogens (tertiary/aromatic N) is 2. The molecule has 1 N–H and O–H groups in total. The summed E-state index contributed by atoms with van der Waals surface area (Å²) in [5.74, 6) is 0. The summed E-state index contributed by atoms with van der Waals surface area (Å²) in [5, 5.41) is 0.231. The average molecular weight is 287 g/mol. The summed E-state index contributed by atoms with van der Waals surface area (Å²) >= 11 is 0. The summed E-state index contributed by atoms with van der Waals surface area (Å²) in [5.41, 5.74) is -0.152. The van der Waals surface area contributed by atoms with Crippen LogP contribution in [0.3, 0.4) is 0 Å². The minimum absolute atomic E-state index is 0.109. The van der Waals surface area contributed by atoms with Crippen molar-refractivity contribution in [2.45, 2.75) is 10.1 Å². The van der Waals surface area contributed by atoms with Gasteiger partial charge in [-0.25, -0.2) is 13.4 Å². The quantitative estimate of drug-likeness (QED) is 0.714. The summed E-state index contributed by atoms with van der Waals surface area (Å²) in [4.78, 5) is 21.6. The lowest BCUT2D eigenvalue weighted by Crippen LogP contribution is -2.10.